The van der Waals surface area contributed by atoms with Crippen molar-refractivity contribution in [1.29, 1.82) is 0 Å². The van der Waals surface area contributed by atoms with Gasteiger partial charge in [0.2, 0.25) is 12.2 Å². The van der Waals surface area contributed by atoms with Gasteiger partial charge in [0.25, 0.3) is 0 Å². The van der Waals surface area contributed by atoms with Crippen molar-refractivity contribution < 1.29 is 9.59 Å². The highest BCUT2D eigenvalue weighted by Crippen LogP contribution is 2.20. The van der Waals surface area contributed by atoms with Gasteiger partial charge >= 0.3 is 0 Å². The van der Waals surface area contributed by atoms with Crippen LogP contribution in [-0.2, 0) is 9.59 Å². The maximum Gasteiger partial charge on any atom is 0.235 e. The van der Waals surface area contributed by atoms with Gasteiger partial charge in [-0.2, -0.15) is 0 Å². The zero-order chi connectivity index (χ0) is 13.1. The molecule has 0 aromatic heterocycles. The Bertz CT molecular complexity index is 286. The Labute approximate surface area is 109 Å². The van der Waals surface area contributed by atoms with Gasteiger partial charge in [0, 0.05) is 0 Å². The summed E-state index contributed by atoms with van der Waals surface area (Å²) in [5.74, 6) is 0. The van der Waals surface area contributed by atoms with Crippen molar-refractivity contribution >= 4 is 12.2 Å². The Morgan fingerprint density at radius 3 is 1.28 bits per heavy atom. The highest BCUT2D eigenvalue weighted by Gasteiger charge is 2.20. The fourth-order valence-corrected chi connectivity index (χ4v) is 2.59. The predicted octanol–water partition coefficient (Wildman–Crippen LogP) is 3.31. The van der Waals surface area contributed by atoms with Gasteiger partial charge in [-0.1, -0.05) is 51.4 Å². The van der Waals surface area contributed by atoms with Crippen LogP contribution in [0.25, 0.3) is 0 Å². The molecule has 0 saturated heterocycles. The van der Waals surface area contributed by atoms with Gasteiger partial charge in [-0.3, -0.25) is 0 Å². The van der Waals surface area contributed by atoms with Crippen LogP contribution in [0.5, 0.6) is 0 Å². The molecule has 0 amide bonds. The molecule has 2 unspecified atom stereocenters. The van der Waals surface area contributed by atoms with Gasteiger partial charge in [-0.25, -0.2) is 19.6 Å². The third-order valence-corrected chi connectivity index (χ3v) is 3.63. The minimum Gasteiger partial charge on any atom is -0.211 e. The molecular formula is C14H22N2O2. The lowest BCUT2D eigenvalue weighted by molar-refractivity contribution is 0.417. The average molecular weight is 250 g/mol. The van der Waals surface area contributed by atoms with E-state index in [1.165, 1.54) is 38.5 Å². The molecule has 0 spiro atoms. The fourth-order valence-electron chi connectivity index (χ4n) is 2.59. The first kappa shape index (κ1) is 14.8. The van der Waals surface area contributed by atoms with Crippen LogP contribution in [0.2, 0.25) is 0 Å². The Morgan fingerprint density at radius 1 is 0.611 bits per heavy atom. The number of hydrogen-bond acceptors (Lipinski definition) is 4. The third-order valence-electron chi connectivity index (χ3n) is 3.63. The molecule has 100 valence electrons. The van der Waals surface area contributed by atoms with E-state index in [2.05, 4.69) is 9.98 Å². The largest absolute Gasteiger partial charge is 0.235 e. The number of nitrogens with zero attached hydrogens (tertiary/aromatic N) is 2. The Kier molecular flexibility index (Phi) is 8.03. The van der Waals surface area contributed by atoms with Crippen molar-refractivity contribution in [2.75, 3.05) is 0 Å². The van der Waals surface area contributed by atoms with Crippen LogP contribution >= 0.6 is 0 Å². The second kappa shape index (κ2) is 9.76. The molecule has 0 radical (unpaired) electrons. The minimum atomic E-state index is -0.177. The predicted molar refractivity (Wildman–Crippen MR) is 70.0 cm³/mol. The van der Waals surface area contributed by atoms with E-state index >= 15 is 0 Å². The minimum absolute atomic E-state index is 0.177. The van der Waals surface area contributed by atoms with Crippen molar-refractivity contribution in [3.05, 3.63) is 0 Å². The van der Waals surface area contributed by atoms with E-state index in [4.69, 9.17) is 0 Å². The number of hydrogen-bond donors (Lipinski definition) is 0. The van der Waals surface area contributed by atoms with Crippen molar-refractivity contribution in [3.63, 3.8) is 0 Å². The first-order valence-corrected chi connectivity index (χ1v) is 7.02. The van der Waals surface area contributed by atoms with Crippen LogP contribution in [-0.4, -0.2) is 24.2 Å². The maximum atomic E-state index is 10.5. The van der Waals surface area contributed by atoms with Gasteiger partial charge in [-0.05, 0) is 12.8 Å². The molecule has 18 heavy (non-hydrogen) atoms. The molecule has 4 nitrogen and oxygen atoms in total. The van der Waals surface area contributed by atoms with Crippen LogP contribution in [0, 0.1) is 0 Å². The normalized spacial score (nSPS) is 26.9. The molecular weight excluding hydrogens is 228 g/mol. The van der Waals surface area contributed by atoms with Crippen LogP contribution < -0.4 is 0 Å². The fraction of sp³-hybridized carbons (Fsp3) is 0.857. The first-order valence-electron chi connectivity index (χ1n) is 7.02. The molecule has 1 rings (SSSR count). The van der Waals surface area contributed by atoms with Crippen molar-refractivity contribution in [2.45, 2.75) is 76.3 Å². The summed E-state index contributed by atoms with van der Waals surface area (Å²) in [6.07, 6.45) is 14.4. The second-order valence-electron chi connectivity index (χ2n) is 4.98. The highest BCUT2D eigenvalue weighted by molar-refractivity contribution is 5.36. The van der Waals surface area contributed by atoms with E-state index in [1.807, 2.05) is 0 Å². The third kappa shape index (κ3) is 5.90. The van der Waals surface area contributed by atoms with Crippen molar-refractivity contribution in [3.8, 4) is 0 Å². The van der Waals surface area contributed by atoms with E-state index in [1.54, 1.807) is 12.2 Å². The smallest absolute Gasteiger partial charge is 0.211 e. The zero-order valence-electron chi connectivity index (χ0n) is 10.9. The summed E-state index contributed by atoms with van der Waals surface area (Å²) >= 11 is 0. The van der Waals surface area contributed by atoms with E-state index in [0.29, 0.717) is 0 Å². The lowest BCUT2D eigenvalue weighted by Gasteiger charge is -2.18. The Hall–Kier alpha value is -1.24. The van der Waals surface area contributed by atoms with Gasteiger partial charge in [0.1, 0.15) is 0 Å². The maximum absolute atomic E-state index is 10.5. The lowest BCUT2D eigenvalue weighted by Crippen LogP contribution is -2.23. The van der Waals surface area contributed by atoms with Crippen LogP contribution in [0.3, 0.4) is 0 Å². The molecule has 4 heteroatoms. The highest BCUT2D eigenvalue weighted by atomic mass is 16.1. The summed E-state index contributed by atoms with van der Waals surface area (Å²) < 4.78 is 0. The molecule has 1 aliphatic rings. The summed E-state index contributed by atoms with van der Waals surface area (Å²) in [5.41, 5.74) is 0. The van der Waals surface area contributed by atoms with E-state index in [0.717, 1.165) is 25.7 Å². The summed E-state index contributed by atoms with van der Waals surface area (Å²) in [5, 5.41) is 0. The van der Waals surface area contributed by atoms with Crippen LogP contribution in [0.4, 0.5) is 0 Å². The van der Waals surface area contributed by atoms with Crippen LogP contribution in [0.15, 0.2) is 9.98 Å². The van der Waals surface area contributed by atoms with Gasteiger partial charge < -0.3 is 0 Å². The van der Waals surface area contributed by atoms with E-state index in [9.17, 15) is 9.59 Å². The quantitative estimate of drug-likeness (QED) is 0.557. The zero-order valence-corrected chi connectivity index (χ0v) is 10.9. The molecule has 0 aromatic carbocycles. The molecule has 0 aromatic rings. The summed E-state index contributed by atoms with van der Waals surface area (Å²) in [7, 11) is 0. The number of aliphatic imine (C=N–C) groups is 2. The summed E-state index contributed by atoms with van der Waals surface area (Å²) in [4.78, 5) is 28.6. The molecule has 2 atom stereocenters. The molecule has 0 heterocycles. The molecule has 0 N–H and O–H groups in total. The van der Waals surface area contributed by atoms with E-state index in [-0.39, 0.29) is 12.1 Å². The average Bonchev–Trinajstić information content (AvgIpc) is 2.36. The SMILES string of the molecule is O=C=NC1CCCCCCCCCCC1N=C=O. The van der Waals surface area contributed by atoms with Gasteiger partial charge in [0.15, 0.2) is 0 Å². The second-order valence-corrected chi connectivity index (χ2v) is 4.98. The molecule has 1 fully saturated rings. The molecule has 1 saturated carbocycles. The van der Waals surface area contributed by atoms with Crippen molar-refractivity contribution in [1.82, 2.24) is 0 Å². The van der Waals surface area contributed by atoms with Crippen LogP contribution in [0.1, 0.15) is 64.2 Å². The summed E-state index contributed by atoms with van der Waals surface area (Å²) in [6, 6.07) is -0.355. The number of carbonyl (C=O) groups excluding carboxylic acids is 2. The van der Waals surface area contributed by atoms with Gasteiger partial charge in [0.05, 0.1) is 12.1 Å². The van der Waals surface area contributed by atoms with Crippen molar-refractivity contribution in [2.24, 2.45) is 9.98 Å². The Morgan fingerprint density at radius 2 is 0.944 bits per heavy atom. The number of rotatable bonds is 2. The number of isocyanates is 2. The summed E-state index contributed by atoms with van der Waals surface area (Å²) in [6.45, 7) is 0. The molecule has 1 aliphatic carbocycles. The first-order chi connectivity index (χ1) is 8.88. The molecule has 0 aliphatic heterocycles. The molecule has 0 bridgehead atoms. The van der Waals surface area contributed by atoms with E-state index < -0.39 is 0 Å². The standard InChI is InChI=1S/C14H22N2O2/c17-11-15-13-9-7-5-3-1-2-4-6-8-10-14(13)16-12-18/h13-14H,1-10H2. The lowest BCUT2D eigenvalue weighted by atomic mass is 9.95. The topological polar surface area (TPSA) is 58.9 Å². The Balaban J connectivity index is 2.63. The van der Waals surface area contributed by atoms with Gasteiger partial charge in [-0.15, -0.1) is 0 Å². The monoisotopic (exact) mass is 250 g/mol.